The van der Waals surface area contributed by atoms with Crippen LogP contribution in [0.15, 0.2) is 24.4 Å². The number of anilines is 1. The Bertz CT molecular complexity index is 1540. The Morgan fingerprint density at radius 2 is 2.00 bits per heavy atom. The molecule has 4 heterocycles. The van der Waals surface area contributed by atoms with Crippen molar-refractivity contribution in [2.45, 2.75) is 13.0 Å². The lowest BCUT2D eigenvalue weighted by Crippen LogP contribution is -2.43. The second-order valence-electron chi connectivity index (χ2n) is 7.63. The highest BCUT2D eigenvalue weighted by Crippen LogP contribution is 2.43. The third-order valence-corrected chi connectivity index (χ3v) is 6.93. The molecule has 0 saturated carbocycles. The molecule has 1 aliphatic heterocycles. The number of pyridine rings is 1. The van der Waals surface area contributed by atoms with Crippen LogP contribution in [0.1, 0.15) is 11.7 Å². The molecule has 0 bridgehead atoms. The van der Waals surface area contributed by atoms with E-state index in [2.05, 4.69) is 20.4 Å². The third-order valence-electron chi connectivity index (χ3n) is 5.78. The lowest BCUT2D eigenvalue weighted by Gasteiger charge is -2.28. The molecule has 2 aromatic carbocycles. The molecule has 0 atom stereocenters. The normalized spacial score (nSPS) is 14.7. The lowest BCUT2D eigenvalue weighted by molar-refractivity contribution is 0.326. The number of aromatic nitrogens is 4. The summed E-state index contributed by atoms with van der Waals surface area (Å²) >= 11 is 7.78. The molecule has 0 unspecified atom stereocenters. The zero-order valence-corrected chi connectivity index (χ0v) is 17.8. The molecule has 1 aliphatic rings. The number of rotatable bonds is 2. The Morgan fingerprint density at radius 3 is 2.74 bits per heavy atom. The van der Waals surface area contributed by atoms with E-state index in [1.807, 2.05) is 11.6 Å². The van der Waals surface area contributed by atoms with Crippen molar-refractivity contribution in [2.24, 2.45) is 0 Å². The Kier molecular flexibility index (Phi) is 3.99. The monoisotopic (exact) mass is 456 g/mol. The van der Waals surface area contributed by atoms with Gasteiger partial charge in [0.05, 0.1) is 32.5 Å². The highest BCUT2D eigenvalue weighted by Gasteiger charge is 2.27. The second-order valence-corrected chi connectivity index (χ2v) is 9.10. The largest absolute Gasteiger partial charge is 0.375 e. The van der Waals surface area contributed by atoms with Crippen LogP contribution >= 0.6 is 22.9 Å². The number of aryl methyl sites for hydroxylation is 1. The van der Waals surface area contributed by atoms with Gasteiger partial charge >= 0.3 is 0 Å². The van der Waals surface area contributed by atoms with Gasteiger partial charge in [0.1, 0.15) is 11.3 Å². The summed E-state index contributed by atoms with van der Waals surface area (Å²) in [6, 6.07) is 4.66. The van der Waals surface area contributed by atoms with Gasteiger partial charge in [0, 0.05) is 41.2 Å². The van der Waals surface area contributed by atoms with Crippen LogP contribution in [0.25, 0.3) is 43.1 Å². The highest BCUT2D eigenvalue weighted by atomic mass is 35.5. The minimum atomic E-state index is -0.695. The van der Waals surface area contributed by atoms with Crippen molar-refractivity contribution in [1.29, 1.82) is 0 Å². The van der Waals surface area contributed by atoms with Gasteiger partial charge in [0.15, 0.2) is 10.9 Å². The van der Waals surface area contributed by atoms with Crippen LogP contribution in [0.3, 0.4) is 0 Å². The fraction of sp³-hybridized carbons (Fsp3) is 0.190. The number of nitrogen functional groups attached to an aromatic ring is 1. The maximum Gasteiger partial charge on any atom is 0.181 e. The van der Waals surface area contributed by atoms with Gasteiger partial charge in [-0.1, -0.05) is 22.9 Å². The van der Waals surface area contributed by atoms with Crippen LogP contribution in [0, 0.1) is 18.6 Å². The molecule has 0 amide bonds. The number of hydrogen-bond donors (Lipinski definition) is 2. The first-order valence-electron chi connectivity index (χ1n) is 9.65. The van der Waals surface area contributed by atoms with Crippen molar-refractivity contribution in [1.82, 2.24) is 25.1 Å². The van der Waals surface area contributed by atoms with E-state index in [4.69, 9.17) is 17.3 Å². The van der Waals surface area contributed by atoms with E-state index in [9.17, 15) is 4.39 Å². The van der Waals surface area contributed by atoms with E-state index >= 15 is 4.39 Å². The summed E-state index contributed by atoms with van der Waals surface area (Å²) in [4.78, 5) is 8.57. The first-order chi connectivity index (χ1) is 14.9. The van der Waals surface area contributed by atoms with Crippen LogP contribution in [-0.4, -0.2) is 32.8 Å². The Hall–Kier alpha value is -2.88. The number of thiazole rings is 1. The molecule has 5 aromatic rings. The number of nitrogens with two attached hydrogens (primary N) is 1. The quantitative estimate of drug-likeness (QED) is 0.397. The van der Waals surface area contributed by atoms with Crippen LogP contribution in [0.2, 0.25) is 5.02 Å². The zero-order chi connectivity index (χ0) is 21.4. The van der Waals surface area contributed by atoms with Gasteiger partial charge in [0.2, 0.25) is 0 Å². The van der Waals surface area contributed by atoms with Gasteiger partial charge in [-0.15, -0.1) is 0 Å². The Labute approximate surface area is 183 Å². The number of nitrogens with zero attached hydrogens (tertiary/aromatic N) is 4. The topological polar surface area (TPSA) is 81.7 Å². The number of halogens is 3. The van der Waals surface area contributed by atoms with Crippen molar-refractivity contribution >= 4 is 60.1 Å². The van der Waals surface area contributed by atoms with Crippen LogP contribution < -0.4 is 11.1 Å². The van der Waals surface area contributed by atoms with Gasteiger partial charge in [-0.3, -0.25) is 9.67 Å². The Morgan fingerprint density at radius 1 is 1.19 bits per heavy atom. The second kappa shape index (κ2) is 6.56. The average molecular weight is 457 g/mol. The molecule has 31 heavy (non-hydrogen) atoms. The van der Waals surface area contributed by atoms with Gasteiger partial charge < -0.3 is 11.1 Å². The third kappa shape index (κ3) is 2.60. The smallest absolute Gasteiger partial charge is 0.181 e. The van der Waals surface area contributed by atoms with Gasteiger partial charge in [-0.2, -0.15) is 5.10 Å². The average Bonchev–Trinajstić information content (AvgIpc) is 3.22. The van der Waals surface area contributed by atoms with Crippen molar-refractivity contribution in [3.05, 3.63) is 46.7 Å². The van der Waals surface area contributed by atoms with Gasteiger partial charge in [-0.05, 0) is 25.1 Å². The van der Waals surface area contributed by atoms with Crippen molar-refractivity contribution < 1.29 is 8.78 Å². The van der Waals surface area contributed by atoms with Crippen molar-refractivity contribution in [3.63, 3.8) is 0 Å². The van der Waals surface area contributed by atoms with E-state index in [0.717, 1.165) is 29.7 Å². The minimum Gasteiger partial charge on any atom is -0.375 e. The summed E-state index contributed by atoms with van der Waals surface area (Å²) in [6.07, 6.45) is 1.61. The van der Waals surface area contributed by atoms with E-state index in [-0.39, 0.29) is 38.4 Å². The van der Waals surface area contributed by atoms with E-state index in [1.165, 1.54) is 17.4 Å². The molecule has 1 fully saturated rings. The maximum atomic E-state index is 15.9. The molecular formula is C21H15ClF2N6S. The summed E-state index contributed by atoms with van der Waals surface area (Å²) in [7, 11) is 0. The standard InChI is InChI=1S/C21H15ClF2N6S/c1-8-11-7-27-18-10(20(11)30(29-8)9-5-26-6-9)4-12(22)15(17(18)24)16-13(23)2-3-14-19(16)28-21(25)31-14/h2-4,7,9,26H,5-6H2,1H3,(H2,25,28). The summed E-state index contributed by atoms with van der Waals surface area (Å²) in [5.74, 6) is -1.32. The molecule has 0 spiro atoms. The molecule has 156 valence electrons. The molecule has 1 saturated heterocycles. The molecule has 6 nitrogen and oxygen atoms in total. The fourth-order valence-corrected chi connectivity index (χ4v) is 5.22. The van der Waals surface area contributed by atoms with Crippen LogP contribution in [0.5, 0.6) is 0 Å². The minimum absolute atomic E-state index is 0.00960. The molecule has 0 radical (unpaired) electrons. The van der Waals surface area contributed by atoms with Crippen molar-refractivity contribution in [2.75, 3.05) is 18.8 Å². The number of hydrogen-bond acceptors (Lipinski definition) is 6. The van der Waals surface area contributed by atoms with E-state index in [0.29, 0.717) is 10.1 Å². The van der Waals surface area contributed by atoms with E-state index < -0.39 is 11.6 Å². The molecule has 3 N–H and O–H groups in total. The van der Waals surface area contributed by atoms with Gasteiger partial charge in [-0.25, -0.2) is 13.8 Å². The predicted molar refractivity (Wildman–Crippen MR) is 120 cm³/mol. The number of fused-ring (bicyclic) bond motifs is 4. The first kappa shape index (κ1) is 18.9. The fourth-order valence-electron chi connectivity index (χ4n) is 4.19. The molecule has 10 heteroatoms. The van der Waals surface area contributed by atoms with Crippen molar-refractivity contribution in [3.8, 4) is 11.1 Å². The summed E-state index contributed by atoms with van der Waals surface area (Å²) in [6.45, 7) is 3.47. The molecule has 0 aliphatic carbocycles. The van der Waals surface area contributed by atoms with Crippen LogP contribution in [0.4, 0.5) is 13.9 Å². The number of benzene rings is 2. The van der Waals surface area contributed by atoms with Crippen LogP contribution in [-0.2, 0) is 0 Å². The van der Waals surface area contributed by atoms with E-state index in [1.54, 1.807) is 18.3 Å². The molecule has 3 aromatic heterocycles. The first-order valence-corrected chi connectivity index (χ1v) is 10.8. The zero-order valence-electron chi connectivity index (χ0n) is 16.2. The van der Waals surface area contributed by atoms with Gasteiger partial charge in [0.25, 0.3) is 0 Å². The lowest BCUT2D eigenvalue weighted by atomic mass is 9.99. The predicted octanol–water partition coefficient (Wildman–Crippen LogP) is 4.83. The summed E-state index contributed by atoms with van der Waals surface area (Å²) in [5.41, 5.74) is 7.72. The highest BCUT2D eigenvalue weighted by molar-refractivity contribution is 7.22. The summed E-state index contributed by atoms with van der Waals surface area (Å²) in [5, 5.41) is 9.60. The maximum absolute atomic E-state index is 15.9. The Balaban J connectivity index is 1.71. The SMILES string of the molecule is Cc1nn(C2CNC2)c2c1cnc1c(F)c(-c3c(F)ccc4sc(N)nc34)c(Cl)cc12. The molecule has 6 rings (SSSR count). The molecular weight excluding hydrogens is 442 g/mol. The number of nitrogens with one attached hydrogen (secondary N) is 1. The summed E-state index contributed by atoms with van der Waals surface area (Å²) < 4.78 is 33.4.